The van der Waals surface area contributed by atoms with Gasteiger partial charge in [0.25, 0.3) is 0 Å². The third kappa shape index (κ3) is 4.52. The topological polar surface area (TPSA) is 20.2 Å². The van der Waals surface area contributed by atoms with Crippen molar-refractivity contribution in [1.29, 1.82) is 0 Å². The van der Waals surface area contributed by atoms with Gasteiger partial charge in [0.05, 0.1) is 0 Å². The molecule has 0 heterocycles. The van der Waals surface area contributed by atoms with Gasteiger partial charge in [0.15, 0.2) is 0 Å². The van der Waals surface area contributed by atoms with E-state index in [4.69, 9.17) is 5.11 Å². The smallest absolute Gasteiger partial charge is 0.104 e. The maximum atomic E-state index is 8.69. The first-order chi connectivity index (χ1) is 8.15. The molecule has 0 aliphatic carbocycles. The zero-order valence-electron chi connectivity index (χ0n) is 10.2. The Hall–Kier alpha value is -1.43. The standard InChI is InChI=1S/C15H16OS/c1-12(2)15(13(3)8-7-11-16)17-14-9-5-4-6-10-14/h4-6,9-10,16H,3,11H2,1-2H3. The zero-order valence-corrected chi connectivity index (χ0v) is 11.0. The first kappa shape index (κ1) is 13.6. The van der Waals surface area contributed by atoms with E-state index in [1.54, 1.807) is 11.8 Å². The Morgan fingerprint density at radius 2 is 1.94 bits per heavy atom. The van der Waals surface area contributed by atoms with Crippen molar-refractivity contribution < 1.29 is 5.11 Å². The maximum absolute atomic E-state index is 8.69. The molecular formula is C15H16OS. The van der Waals surface area contributed by atoms with Crippen LogP contribution in [0.3, 0.4) is 0 Å². The first-order valence-corrected chi connectivity index (χ1v) is 6.16. The average Bonchev–Trinajstić information content (AvgIpc) is 2.34. The number of benzene rings is 1. The van der Waals surface area contributed by atoms with Crippen molar-refractivity contribution in [2.45, 2.75) is 18.7 Å². The number of thioether (sulfide) groups is 1. The third-order valence-corrected chi connectivity index (χ3v) is 3.38. The highest BCUT2D eigenvalue weighted by Gasteiger charge is 2.05. The molecule has 0 radical (unpaired) electrons. The predicted molar refractivity (Wildman–Crippen MR) is 74.7 cm³/mol. The normalized spacial score (nSPS) is 9.12. The van der Waals surface area contributed by atoms with Gasteiger partial charge < -0.3 is 5.11 Å². The number of hydrogen-bond donors (Lipinski definition) is 1. The highest BCUT2D eigenvalue weighted by Crippen LogP contribution is 2.32. The lowest BCUT2D eigenvalue weighted by atomic mass is 10.2. The zero-order chi connectivity index (χ0) is 12.7. The summed E-state index contributed by atoms with van der Waals surface area (Å²) in [6.07, 6.45) is 0. The molecule has 17 heavy (non-hydrogen) atoms. The quantitative estimate of drug-likeness (QED) is 0.498. The maximum Gasteiger partial charge on any atom is 0.104 e. The van der Waals surface area contributed by atoms with E-state index < -0.39 is 0 Å². The van der Waals surface area contributed by atoms with Crippen molar-refractivity contribution in [2.75, 3.05) is 6.61 Å². The molecule has 0 atom stereocenters. The molecule has 0 amide bonds. The SMILES string of the molecule is C=C(C#CCO)C(Sc1ccccc1)=C(C)C. The molecule has 1 N–H and O–H groups in total. The molecule has 0 aromatic heterocycles. The van der Waals surface area contributed by atoms with Crippen LogP contribution in [-0.4, -0.2) is 11.7 Å². The van der Waals surface area contributed by atoms with Crippen LogP contribution in [0, 0.1) is 11.8 Å². The predicted octanol–water partition coefficient (Wildman–Crippen LogP) is 3.62. The monoisotopic (exact) mass is 244 g/mol. The molecule has 0 aliphatic heterocycles. The summed E-state index contributed by atoms with van der Waals surface area (Å²) < 4.78 is 0. The Bertz CT molecular complexity index is 471. The van der Waals surface area contributed by atoms with Crippen molar-refractivity contribution in [3.8, 4) is 11.8 Å². The van der Waals surface area contributed by atoms with Gasteiger partial charge in [-0.15, -0.1) is 0 Å². The summed E-state index contributed by atoms with van der Waals surface area (Å²) in [4.78, 5) is 2.23. The molecule has 0 spiro atoms. The lowest BCUT2D eigenvalue weighted by Crippen LogP contribution is -1.86. The van der Waals surface area contributed by atoms with Gasteiger partial charge in [-0.25, -0.2) is 0 Å². The van der Waals surface area contributed by atoms with E-state index in [-0.39, 0.29) is 6.61 Å². The molecule has 88 valence electrons. The van der Waals surface area contributed by atoms with E-state index in [1.165, 1.54) is 5.57 Å². The molecule has 0 fully saturated rings. The molecule has 0 bridgehead atoms. The number of allylic oxidation sites excluding steroid dienone is 2. The van der Waals surface area contributed by atoms with Crippen LogP contribution in [0.15, 0.2) is 57.9 Å². The van der Waals surface area contributed by atoms with Gasteiger partial charge in [0, 0.05) is 15.4 Å². The van der Waals surface area contributed by atoms with Gasteiger partial charge in [-0.2, -0.15) is 0 Å². The second kappa shape index (κ2) is 7.01. The summed E-state index contributed by atoms with van der Waals surface area (Å²) in [7, 11) is 0. The molecule has 1 aromatic rings. The molecule has 2 heteroatoms. The van der Waals surface area contributed by atoms with Gasteiger partial charge in [0.1, 0.15) is 6.61 Å². The lowest BCUT2D eigenvalue weighted by Gasteiger charge is -2.08. The second-order valence-electron chi connectivity index (χ2n) is 3.68. The van der Waals surface area contributed by atoms with Crippen LogP contribution in [0.25, 0.3) is 0 Å². The van der Waals surface area contributed by atoms with E-state index in [2.05, 4.69) is 30.6 Å². The number of hydrogen-bond acceptors (Lipinski definition) is 2. The Kier molecular flexibility index (Phi) is 5.62. The summed E-state index contributed by atoms with van der Waals surface area (Å²) in [6.45, 7) is 7.89. The number of aliphatic hydroxyl groups excluding tert-OH is 1. The third-order valence-electron chi connectivity index (χ3n) is 2.01. The van der Waals surface area contributed by atoms with Gasteiger partial charge in [0.2, 0.25) is 0 Å². The fourth-order valence-electron chi connectivity index (χ4n) is 1.27. The van der Waals surface area contributed by atoms with E-state index in [0.29, 0.717) is 0 Å². The van der Waals surface area contributed by atoms with E-state index in [9.17, 15) is 0 Å². The Labute approximate surface area is 107 Å². The fraction of sp³-hybridized carbons (Fsp3) is 0.200. The van der Waals surface area contributed by atoms with Gasteiger partial charge >= 0.3 is 0 Å². The minimum atomic E-state index is -0.134. The molecule has 1 nitrogen and oxygen atoms in total. The molecule has 0 aliphatic rings. The summed E-state index contributed by atoms with van der Waals surface area (Å²) in [6, 6.07) is 10.1. The molecule has 0 unspecified atom stereocenters. The average molecular weight is 244 g/mol. The fourth-order valence-corrected chi connectivity index (χ4v) is 2.18. The lowest BCUT2D eigenvalue weighted by molar-refractivity contribution is 0.350. The molecular weight excluding hydrogens is 228 g/mol. The Morgan fingerprint density at radius 3 is 2.47 bits per heavy atom. The van der Waals surface area contributed by atoms with E-state index in [0.717, 1.165) is 15.4 Å². The highest BCUT2D eigenvalue weighted by molar-refractivity contribution is 8.03. The van der Waals surface area contributed by atoms with Crippen molar-refractivity contribution in [3.63, 3.8) is 0 Å². The Balaban J connectivity index is 2.90. The van der Waals surface area contributed by atoms with E-state index >= 15 is 0 Å². The van der Waals surface area contributed by atoms with Crippen LogP contribution in [0.2, 0.25) is 0 Å². The van der Waals surface area contributed by atoms with Gasteiger partial charge in [-0.05, 0) is 26.0 Å². The van der Waals surface area contributed by atoms with Crippen LogP contribution in [0.5, 0.6) is 0 Å². The van der Waals surface area contributed by atoms with E-state index in [1.807, 2.05) is 32.0 Å². The molecule has 0 saturated carbocycles. The van der Waals surface area contributed by atoms with Gasteiger partial charge in [-0.1, -0.05) is 54.0 Å². The summed E-state index contributed by atoms with van der Waals surface area (Å²) in [5, 5.41) is 8.69. The minimum absolute atomic E-state index is 0.134. The largest absolute Gasteiger partial charge is 0.384 e. The van der Waals surface area contributed by atoms with Crippen LogP contribution >= 0.6 is 11.8 Å². The van der Waals surface area contributed by atoms with Crippen molar-refractivity contribution in [3.05, 3.63) is 53.0 Å². The van der Waals surface area contributed by atoms with Crippen molar-refractivity contribution in [1.82, 2.24) is 0 Å². The highest BCUT2D eigenvalue weighted by atomic mass is 32.2. The summed E-state index contributed by atoms with van der Waals surface area (Å²) in [5.74, 6) is 5.49. The van der Waals surface area contributed by atoms with Crippen LogP contribution in [0.1, 0.15) is 13.8 Å². The summed E-state index contributed by atoms with van der Waals surface area (Å²) >= 11 is 1.65. The first-order valence-electron chi connectivity index (χ1n) is 5.34. The van der Waals surface area contributed by atoms with Crippen LogP contribution in [0.4, 0.5) is 0 Å². The molecule has 0 saturated heterocycles. The van der Waals surface area contributed by atoms with Crippen molar-refractivity contribution in [2.24, 2.45) is 0 Å². The molecule has 1 rings (SSSR count). The van der Waals surface area contributed by atoms with Gasteiger partial charge in [-0.3, -0.25) is 0 Å². The van der Waals surface area contributed by atoms with Crippen LogP contribution in [-0.2, 0) is 0 Å². The number of rotatable bonds is 3. The Morgan fingerprint density at radius 1 is 1.29 bits per heavy atom. The van der Waals surface area contributed by atoms with Crippen LogP contribution < -0.4 is 0 Å². The molecule has 1 aromatic carbocycles. The number of aliphatic hydroxyl groups is 1. The van der Waals surface area contributed by atoms with Crippen molar-refractivity contribution >= 4 is 11.8 Å². The minimum Gasteiger partial charge on any atom is -0.384 e. The summed E-state index contributed by atoms with van der Waals surface area (Å²) in [5.41, 5.74) is 1.93. The second-order valence-corrected chi connectivity index (χ2v) is 4.77.